The molecule has 0 amide bonds. The molecule has 1 aromatic rings. The standard InChI is InChI=1S/C12H26N4Si2/c1-10-9-11(2)14-12(13-10)16(18(6,7)8)15-17(3,4)5/h9,15H,1-8H3. The number of nitrogens with one attached hydrogen (secondary N) is 1. The Morgan fingerprint density at radius 2 is 1.39 bits per heavy atom. The minimum absolute atomic E-state index is 0.828. The maximum Gasteiger partial charge on any atom is 0.231 e. The lowest BCUT2D eigenvalue weighted by molar-refractivity contribution is 0.882. The molecule has 0 unspecified atom stereocenters. The van der Waals surface area contributed by atoms with Crippen molar-refractivity contribution in [3.8, 4) is 0 Å². The zero-order valence-electron chi connectivity index (χ0n) is 12.9. The van der Waals surface area contributed by atoms with E-state index in [1.165, 1.54) is 0 Å². The van der Waals surface area contributed by atoms with Gasteiger partial charge in [-0.2, -0.15) is 0 Å². The fraction of sp³-hybridized carbons (Fsp3) is 0.667. The first-order valence-electron chi connectivity index (χ1n) is 6.39. The van der Waals surface area contributed by atoms with Crippen molar-refractivity contribution in [2.75, 3.05) is 4.67 Å². The second-order valence-corrected chi connectivity index (χ2v) is 16.3. The lowest BCUT2D eigenvalue weighted by Crippen LogP contribution is -2.63. The van der Waals surface area contributed by atoms with Crippen LogP contribution < -0.4 is 9.77 Å². The number of hydrogen-bond acceptors (Lipinski definition) is 4. The van der Waals surface area contributed by atoms with Gasteiger partial charge in [-0.15, -0.1) is 0 Å². The molecule has 0 saturated heterocycles. The zero-order chi connectivity index (χ0) is 14.1. The number of aryl methyl sites for hydroxylation is 2. The van der Waals surface area contributed by atoms with E-state index in [0.717, 1.165) is 17.3 Å². The summed E-state index contributed by atoms with van der Waals surface area (Å²) < 4.78 is 2.25. The Kier molecular flexibility index (Phi) is 4.35. The summed E-state index contributed by atoms with van der Waals surface area (Å²) in [5.74, 6) is 0.828. The molecular formula is C12H26N4Si2. The predicted molar refractivity (Wildman–Crippen MR) is 83.8 cm³/mol. The lowest BCUT2D eigenvalue weighted by atomic mass is 10.4. The third kappa shape index (κ3) is 4.51. The van der Waals surface area contributed by atoms with Gasteiger partial charge in [-0.3, -0.25) is 5.09 Å². The van der Waals surface area contributed by atoms with Crippen LogP contribution in [0.1, 0.15) is 11.4 Å². The Hall–Kier alpha value is -0.726. The topological polar surface area (TPSA) is 41.1 Å². The van der Waals surface area contributed by atoms with Crippen molar-refractivity contribution in [2.45, 2.75) is 53.1 Å². The fourth-order valence-electron chi connectivity index (χ4n) is 1.66. The highest BCUT2D eigenvalue weighted by Crippen LogP contribution is 2.17. The highest BCUT2D eigenvalue weighted by Gasteiger charge is 2.30. The quantitative estimate of drug-likeness (QED) is 0.680. The van der Waals surface area contributed by atoms with Gasteiger partial charge in [0.2, 0.25) is 5.95 Å². The fourth-order valence-corrected chi connectivity index (χ4v) is 5.48. The molecule has 4 nitrogen and oxygen atoms in total. The Labute approximate surface area is 113 Å². The number of nitrogens with zero attached hydrogens (tertiary/aromatic N) is 3. The summed E-state index contributed by atoms with van der Waals surface area (Å²) in [5.41, 5.74) is 2.05. The van der Waals surface area contributed by atoms with Gasteiger partial charge in [0, 0.05) is 11.4 Å². The Bertz CT molecular complexity index is 401. The van der Waals surface area contributed by atoms with Gasteiger partial charge in [0.15, 0.2) is 8.24 Å². The maximum atomic E-state index is 4.59. The van der Waals surface area contributed by atoms with E-state index < -0.39 is 16.5 Å². The van der Waals surface area contributed by atoms with E-state index in [2.05, 4.69) is 59.0 Å². The molecular weight excluding hydrogens is 256 g/mol. The summed E-state index contributed by atoms with van der Waals surface area (Å²) >= 11 is 0. The molecule has 0 fully saturated rings. The van der Waals surface area contributed by atoms with Crippen LogP contribution in [0.5, 0.6) is 0 Å². The molecule has 1 heterocycles. The molecule has 0 saturated carbocycles. The van der Waals surface area contributed by atoms with Crippen molar-refractivity contribution in [1.82, 2.24) is 15.1 Å². The minimum atomic E-state index is -1.55. The first kappa shape index (κ1) is 15.3. The van der Waals surface area contributed by atoms with Crippen LogP contribution in [-0.4, -0.2) is 26.4 Å². The van der Waals surface area contributed by atoms with Crippen molar-refractivity contribution < 1.29 is 0 Å². The van der Waals surface area contributed by atoms with Crippen molar-refractivity contribution in [1.29, 1.82) is 0 Å². The first-order chi connectivity index (χ1) is 7.99. The molecule has 6 heteroatoms. The second kappa shape index (κ2) is 5.10. The van der Waals surface area contributed by atoms with Crippen LogP contribution in [0.3, 0.4) is 0 Å². The van der Waals surface area contributed by atoms with Crippen LogP contribution in [0.4, 0.5) is 5.95 Å². The summed E-state index contributed by atoms with van der Waals surface area (Å²) in [6, 6.07) is 2.01. The summed E-state index contributed by atoms with van der Waals surface area (Å²) in [6.45, 7) is 17.8. The molecule has 1 N–H and O–H groups in total. The lowest BCUT2D eigenvalue weighted by Gasteiger charge is -2.39. The van der Waals surface area contributed by atoms with Crippen LogP contribution in [0.15, 0.2) is 6.07 Å². The molecule has 0 atom stereocenters. The molecule has 1 rings (SSSR count). The Morgan fingerprint density at radius 1 is 0.944 bits per heavy atom. The molecule has 0 radical (unpaired) electrons. The van der Waals surface area contributed by atoms with Crippen LogP contribution in [-0.2, 0) is 0 Å². The van der Waals surface area contributed by atoms with Crippen LogP contribution >= 0.6 is 0 Å². The molecule has 102 valence electrons. The molecule has 0 aromatic carbocycles. The van der Waals surface area contributed by atoms with Gasteiger partial charge < -0.3 is 4.67 Å². The summed E-state index contributed by atoms with van der Waals surface area (Å²) in [7, 11) is -2.97. The van der Waals surface area contributed by atoms with E-state index in [1.54, 1.807) is 0 Å². The highest BCUT2D eigenvalue weighted by molar-refractivity contribution is 6.82. The van der Waals surface area contributed by atoms with Gasteiger partial charge in [0.1, 0.15) is 8.24 Å². The normalized spacial score (nSPS) is 12.7. The molecule has 0 aliphatic carbocycles. The predicted octanol–water partition coefficient (Wildman–Crippen LogP) is 3.07. The van der Waals surface area contributed by atoms with E-state index in [9.17, 15) is 0 Å². The van der Waals surface area contributed by atoms with Crippen molar-refractivity contribution >= 4 is 22.4 Å². The molecule has 0 bridgehead atoms. The van der Waals surface area contributed by atoms with Crippen LogP contribution in [0.25, 0.3) is 0 Å². The van der Waals surface area contributed by atoms with Gasteiger partial charge >= 0.3 is 0 Å². The molecule has 18 heavy (non-hydrogen) atoms. The third-order valence-electron chi connectivity index (χ3n) is 2.29. The summed E-state index contributed by atoms with van der Waals surface area (Å²) in [6.07, 6.45) is 0. The Balaban J connectivity index is 3.18. The van der Waals surface area contributed by atoms with Crippen molar-refractivity contribution in [3.63, 3.8) is 0 Å². The van der Waals surface area contributed by atoms with E-state index in [4.69, 9.17) is 0 Å². The van der Waals surface area contributed by atoms with Crippen molar-refractivity contribution in [3.05, 3.63) is 17.5 Å². The van der Waals surface area contributed by atoms with E-state index >= 15 is 0 Å². The average molecular weight is 283 g/mol. The SMILES string of the molecule is Cc1cc(C)nc(N(N[Si](C)(C)C)[Si](C)(C)C)n1. The van der Waals surface area contributed by atoms with Crippen LogP contribution in [0.2, 0.25) is 39.3 Å². The summed E-state index contributed by atoms with van der Waals surface area (Å²) in [5, 5.41) is 3.68. The smallest absolute Gasteiger partial charge is 0.231 e. The van der Waals surface area contributed by atoms with Crippen LogP contribution in [0, 0.1) is 13.8 Å². The molecule has 0 spiro atoms. The van der Waals surface area contributed by atoms with Gasteiger partial charge in [-0.05, 0) is 19.9 Å². The average Bonchev–Trinajstić information content (AvgIpc) is 2.09. The monoisotopic (exact) mass is 282 g/mol. The van der Waals surface area contributed by atoms with E-state index in [-0.39, 0.29) is 0 Å². The number of anilines is 1. The van der Waals surface area contributed by atoms with Gasteiger partial charge in [-0.1, -0.05) is 39.3 Å². The molecule has 1 aromatic heterocycles. The zero-order valence-corrected chi connectivity index (χ0v) is 14.9. The number of aromatic nitrogens is 2. The number of hydrazine groups is 1. The Morgan fingerprint density at radius 3 is 1.72 bits per heavy atom. The first-order valence-corrected chi connectivity index (χ1v) is 13.3. The molecule has 0 aliphatic rings. The second-order valence-electron chi connectivity index (χ2n) is 6.82. The van der Waals surface area contributed by atoms with Gasteiger partial charge in [-0.25, -0.2) is 9.97 Å². The minimum Gasteiger partial charge on any atom is -0.312 e. The largest absolute Gasteiger partial charge is 0.312 e. The van der Waals surface area contributed by atoms with E-state index in [1.807, 2.05) is 19.9 Å². The van der Waals surface area contributed by atoms with E-state index in [0.29, 0.717) is 0 Å². The molecule has 0 aliphatic heterocycles. The van der Waals surface area contributed by atoms with Gasteiger partial charge in [0.05, 0.1) is 0 Å². The number of rotatable bonds is 4. The maximum absolute atomic E-state index is 4.59. The van der Waals surface area contributed by atoms with Crippen molar-refractivity contribution in [2.24, 2.45) is 0 Å². The van der Waals surface area contributed by atoms with Gasteiger partial charge in [0.25, 0.3) is 0 Å². The third-order valence-corrected chi connectivity index (χ3v) is 5.06. The highest BCUT2D eigenvalue weighted by atomic mass is 28.3. The number of hydrogen-bond donors (Lipinski definition) is 1. The summed E-state index contributed by atoms with van der Waals surface area (Å²) in [4.78, 5) is 9.19.